The van der Waals surface area contributed by atoms with Crippen LogP contribution in [0.2, 0.25) is 0 Å². The van der Waals surface area contributed by atoms with Crippen LogP contribution in [-0.2, 0) is 25.3 Å². The van der Waals surface area contributed by atoms with Crippen LogP contribution in [0.5, 0.6) is 5.75 Å². The number of halogens is 4. The second-order valence-corrected chi connectivity index (χ2v) is 14.8. The molecule has 6 atom stereocenters. The minimum absolute atomic E-state index is 0.0971. The Morgan fingerprint density at radius 3 is 2.41 bits per heavy atom. The van der Waals surface area contributed by atoms with Crippen LogP contribution in [0.3, 0.4) is 0 Å². The van der Waals surface area contributed by atoms with E-state index in [-0.39, 0.29) is 29.3 Å². The Morgan fingerprint density at radius 2 is 1.73 bits per heavy atom. The molecule has 4 unspecified atom stereocenters. The van der Waals surface area contributed by atoms with E-state index in [4.69, 9.17) is 19.0 Å². The quantitative estimate of drug-likeness (QED) is 0.252. The number of nitrogens with zero attached hydrogens (tertiary/aromatic N) is 2. The zero-order chi connectivity index (χ0) is 36.4. The van der Waals surface area contributed by atoms with Crippen molar-refractivity contribution in [1.82, 2.24) is 5.32 Å². The van der Waals surface area contributed by atoms with Gasteiger partial charge in [-0.05, 0) is 94.7 Å². The van der Waals surface area contributed by atoms with E-state index in [2.05, 4.69) is 16.5 Å². The molecule has 0 aromatic heterocycles. The number of amides is 3. The van der Waals surface area contributed by atoms with E-state index in [1.165, 1.54) is 7.11 Å². The number of fused-ring (bicyclic) bond motifs is 3. The Labute approximate surface area is 292 Å². The number of alkyl halides is 3. The highest BCUT2D eigenvalue weighted by Gasteiger charge is 2.57. The van der Waals surface area contributed by atoms with Gasteiger partial charge in [-0.3, -0.25) is 9.59 Å². The standard InChI is InChI=1S/C37H39F4N3O7/c1-36(2,3)50-35(47)44(20-8-11-27(38)26(15-20)37(39,40)41)34(46)30-21-9-10-22(23(21)13-18-5-6-18)32(30)42-33(45)24-14-19(7-12-28(24)48-4)31-25-16-49-17-29(25)51-43-31/h7-8,11-15,18,21-22,25,29-30,32H,5-6,9-10,16-17H2,1-4H3,(H,42,45)/b23-13-/t21?,22?,25?,29?,30-,32+/m0/s1. The maximum atomic E-state index is 14.7. The molecule has 2 aliphatic heterocycles. The van der Waals surface area contributed by atoms with E-state index in [9.17, 15) is 31.9 Å². The molecule has 2 aromatic rings. The number of benzene rings is 2. The van der Waals surface area contributed by atoms with Gasteiger partial charge in [-0.2, -0.15) is 13.2 Å². The van der Waals surface area contributed by atoms with E-state index >= 15 is 0 Å². The molecule has 3 aliphatic carbocycles. The molecule has 14 heteroatoms. The van der Waals surface area contributed by atoms with Crippen molar-refractivity contribution in [3.05, 3.63) is 70.6 Å². The maximum Gasteiger partial charge on any atom is 0.421 e. The van der Waals surface area contributed by atoms with E-state index < -0.39 is 64.6 Å². The largest absolute Gasteiger partial charge is 0.496 e. The number of nitrogens with one attached hydrogen (secondary N) is 1. The fraction of sp³-hybridized carbons (Fsp3) is 0.514. The Kier molecular flexibility index (Phi) is 8.87. The van der Waals surface area contributed by atoms with E-state index in [1.54, 1.807) is 39.0 Å². The molecule has 51 heavy (non-hydrogen) atoms. The first-order valence-electron chi connectivity index (χ1n) is 17.1. The van der Waals surface area contributed by atoms with Crippen molar-refractivity contribution in [2.45, 2.75) is 70.4 Å². The smallest absolute Gasteiger partial charge is 0.421 e. The first-order chi connectivity index (χ1) is 24.1. The van der Waals surface area contributed by atoms with Gasteiger partial charge in [0.15, 0.2) is 6.10 Å². The zero-order valence-corrected chi connectivity index (χ0v) is 28.6. The number of ether oxygens (including phenoxy) is 3. The highest BCUT2D eigenvalue weighted by Crippen LogP contribution is 2.55. The Hall–Kier alpha value is -4.46. The van der Waals surface area contributed by atoms with Crippen LogP contribution in [0.1, 0.15) is 67.9 Å². The number of hydrogen-bond donors (Lipinski definition) is 1. The molecule has 1 N–H and O–H groups in total. The third-order valence-electron chi connectivity index (χ3n) is 10.2. The molecule has 0 spiro atoms. The molecule has 3 amide bonds. The molecule has 5 aliphatic rings. The number of carbonyl (C=O) groups excluding carboxylic acids is 3. The number of rotatable bonds is 7. The summed E-state index contributed by atoms with van der Waals surface area (Å²) in [5.41, 5.74) is -0.795. The molecule has 3 saturated carbocycles. The second kappa shape index (κ2) is 12.9. The van der Waals surface area contributed by atoms with Gasteiger partial charge < -0.3 is 24.4 Å². The zero-order valence-electron chi connectivity index (χ0n) is 28.6. The topological polar surface area (TPSA) is 116 Å². The molecule has 2 bridgehead atoms. The molecule has 7 rings (SSSR count). The predicted octanol–water partition coefficient (Wildman–Crippen LogP) is 6.66. The summed E-state index contributed by atoms with van der Waals surface area (Å²) in [7, 11) is 1.43. The number of allylic oxidation sites excluding steroid dienone is 1. The second-order valence-electron chi connectivity index (χ2n) is 14.8. The summed E-state index contributed by atoms with van der Waals surface area (Å²) in [5, 5.41) is 7.31. The molecule has 10 nitrogen and oxygen atoms in total. The van der Waals surface area contributed by atoms with Gasteiger partial charge in [-0.15, -0.1) is 0 Å². The Bertz CT molecular complexity index is 1820. The van der Waals surface area contributed by atoms with Crippen LogP contribution in [0, 0.1) is 35.4 Å². The van der Waals surface area contributed by atoms with Gasteiger partial charge in [0.25, 0.3) is 5.91 Å². The minimum atomic E-state index is -5.10. The van der Waals surface area contributed by atoms with Crippen molar-refractivity contribution in [2.75, 3.05) is 25.2 Å². The highest BCUT2D eigenvalue weighted by molar-refractivity contribution is 6.14. The fourth-order valence-electron chi connectivity index (χ4n) is 7.82. The van der Waals surface area contributed by atoms with Gasteiger partial charge in [0.05, 0.1) is 54.7 Å². The van der Waals surface area contributed by atoms with Gasteiger partial charge >= 0.3 is 12.3 Å². The van der Waals surface area contributed by atoms with Gasteiger partial charge in [0.2, 0.25) is 5.91 Å². The lowest BCUT2D eigenvalue weighted by Crippen LogP contribution is -2.53. The van der Waals surface area contributed by atoms with Gasteiger partial charge in [-0.25, -0.2) is 14.1 Å². The normalized spacial score (nSPS) is 27.5. The predicted molar refractivity (Wildman–Crippen MR) is 176 cm³/mol. The lowest BCUT2D eigenvalue weighted by molar-refractivity contribution is -0.140. The molecule has 2 heterocycles. The molecule has 4 fully saturated rings. The third kappa shape index (κ3) is 6.70. The molecular weight excluding hydrogens is 674 g/mol. The van der Waals surface area contributed by atoms with Crippen LogP contribution in [-0.4, -0.2) is 61.7 Å². The molecule has 2 aromatic carbocycles. The summed E-state index contributed by atoms with van der Waals surface area (Å²) in [6.07, 6.45) is -1.16. The van der Waals surface area contributed by atoms with Gasteiger partial charge in [0, 0.05) is 17.5 Å². The number of methoxy groups -OCH3 is 1. The van der Waals surface area contributed by atoms with E-state index in [0.717, 1.165) is 24.5 Å². The number of oxime groups is 1. The average molecular weight is 714 g/mol. The SMILES string of the molecule is COc1ccc(C2=NOC3COCC23)cc1C(=O)N[C@@H]1C2CCC(/C2=C/C2CC2)[C@@H]1C(=O)N(C(=O)OC(C)(C)C)c1ccc(F)c(C(F)(F)F)c1. The summed E-state index contributed by atoms with van der Waals surface area (Å²) < 4.78 is 72.5. The number of carbonyl (C=O) groups is 3. The monoisotopic (exact) mass is 713 g/mol. The molecular formula is C37H39F4N3O7. The molecule has 1 saturated heterocycles. The first kappa shape index (κ1) is 35.0. The average Bonchev–Trinajstić information content (AvgIpc) is 3.32. The van der Waals surface area contributed by atoms with E-state index in [0.29, 0.717) is 60.3 Å². The summed E-state index contributed by atoms with van der Waals surface area (Å²) in [6.45, 7) is 5.51. The lowest BCUT2D eigenvalue weighted by Gasteiger charge is -2.34. The fourth-order valence-corrected chi connectivity index (χ4v) is 7.82. The number of hydrogen-bond acceptors (Lipinski definition) is 8. The van der Waals surface area contributed by atoms with Crippen LogP contribution < -0.4 is 15.0 Å². The van der Waals surface area contributed by atoms with Crippen LogP contribution in [0.25, 0.3) is 0 Å². The minimum Gasteiger partial charge on any atom is -0.496 e. The van der Waals surface area contributed by atoms with Crippen LogP contribution in [0.15, 0.2) is 53.2 Å². The van der Waals surface area contributed by atoms with Gasteiger partial charge in [0.1, 0.15) is 17.2 Å². The van der Waals surface area contributed by atoms with Crippen molar-refractivity contribution < 1.29 is 51.0 Å². The van der Waals surface area contributed by atoms with Crippen molar-refractivity contribution in [1.29, 1.82) is 0 Å². The maximum absolute atomic E-state index is 14.7. The third-order valence-corrected chi connectivity index (χ3v) is 10.2. The Balaban J connectivity index is 1.26. The Morgan fingerprint density at radius 1 is 0.980 bits per heavy atom. The highest BCUT2D eigenvalue weighted by atomic mass is 19.4. The van der Waals surface area contributed by atoms with Crippen LogP contribution in [0.4, 0.5) is 28.0 Å². The van der Waals surface area contributed by atoms with Gasteiger partial charge in [-0.1, -0.05) is 16.8 Å². The van der Waals surface area contributed by atoms with E-state index in [1.807, 2.05) is 0 Å². The summed E-state index contributed by atoms with van der Waals surface area (Å²) in [6, 6.07) is 6.19. The summed E-state index contributed by atoms with van der Waals surface area (Å²) >= 11 is 0. The number of anilines is 1. The lowest BCUT2D eigenvalue weighted by atomic mass is 9.83. The number of imide groups is 1. The van der Waals surface area contributed by atoms with Crippen LogP contribution >= 0.6 is 0 Å². The van der Waals surface area contributed by atoms with Crippen molar-refractivity contribution in [3.8, 4) is 5.75 Å². The molecule has 272 valence electrons. The first-order valence-corrected chi connectivity index (χ1v) is 17.1. The molecule has 0 radical (unpaired) electrons. The van der Waals surface area contributed by atoms with Crippen molar-refractivity contribution >= 4 is 29.3 Å². The summed E-state index contributed by atoms with van der Waals surface area (Å²) in [4.78, 5) is 48.8. The summed E-state index contributed by atoms with van der Waals surface area (Å²) in [5.74, 6) is -4.13. The van der Waals surface area contributed by atoms with Crippen molar-refractivity contribution in [2.24, 2.45) is 34.7 Å². The van der Waals surface area contributed by atoms with Crippen molar-refractivity contribution in [3.63, 3.8) is 0 Å².